The van der Waals surface area contributed by atoms with E-state index in [1.54, 1.807) is 24.1 Å². The summed E-state index contributed by atoms with van der Waals surface area (Å²) in [5, 5.41) is 0.638. The van der Waals surface area contributed by atoms with Crippen LogP contribution in [-0.4, -0.2) is 82.0 Å². The van der Waals surface area contributed by atoms with E-state index in [2.05, 4.69) is 19.1 Å². The fourth-order valence-electron chi connectivity index (χ4n) is 4.34. The highest BCUT2D eigenvalue weighted by Gasteiger charge is 2.27. The summed E-state index contributed by atoms with van der Waals surface area (Å²) in [6, 6.07) is 10.4. The molecule has 0 N–H and O–H groups in total. The van der Waals surface area contributed by atoms with Gasteiger partial charge >= 0.3 is 0 Å². The standard InChI is InChI=1S/C26H34N4O4S2/c1-18-15-19(2)24-23(16-18)35-26(27-24)30(13-12-28(3)4)25(31)20-8-10-22(11-9-20)36(32,33)29(5)17-21-7-6-14-34-21/h8-11,15-16,21H,6-7,12-14,17H2,1-5H3/t21-/m1/s1. The number of aromatic nitrogens is 1. The molecule has 1 atom stereocenters. The van der Waals surface area contributed by atoms with Crippen molar-refractivity contribution in [2.24, 2.45) is 0 Å². The zero-order valence-corrected chi connectivity index (χ0v) is 23.2. The van der Waals surface area contributed by atoms with Gasteiger partial charge in [-0.15, -0.1) is 0 Å². The van der Waals surface area contributed by atoms with Gasteiger partial charge < -0.3 is 9.64 Å². The second kappa shape index (κ2) is 10.9. The minimum absolute atomic E-state index is 0.0721. The van der Waals surface area contributed by atoms with Crippen molar-refractivity contribution in [3.63, 3.8) is 0 Å². The summed E-state index contributed by atoms with van der Waals surface area (Å²) in [4.78, 5) is 22.3. The topological polar surface area (TPSA) is 83.1 Å². The van der Waals surface area contributed by atoms with E-state index in [9.17, 15) is 13.2 Å². The van der Waals surface area contributed by atoms with Crippen LogP contribution in [0.15, 0.2) is 41.3 Å². The summed E-state index contributed by atoms with van der Waals surface area (Å²) in [6.07, 6.45) is 1.74. The van der Waals surface area contributed by atoms with Crippen molar-refractivity contribution in [1.29, 1.82) is 0 Å². The second-order valence-electron chi connectivity index (χ2n) is 9.63. The number of ether oxygens (including phenoxy) is 1. The van der Waals surface area contributed by atoms with Crippen LogP contribution in [0.3, 0.4) is 0 Å². The lowest BCUT2D eigenvalue weighted by Crippen LogP contribution is -2.37. The molecule has 2 aromatic carbocycles. The minimum atomic E-state index is -3.68. The number of thiazole rings is 1. The molecule has 0 aliphatic carbocycles. The monoisotopic (exact) mass is 530 g/mol. The Kier molecular flexibility index (Phi) is 8.11. The molecule has 194 valence electrons. The van der Waals surface area contributed by atoms with Gasteiger partial charge in [0, 0.05) is 38.9 Å². The molecule has 0 spiro atoms. The van der Waals surface area contributed by atoms with Crippen molar-refractivity contribution in [3.05, 3.63) is 53.1 Å². The first-order chi connectivity index (χ1) is 17.1. The molecule has 10 heteroatoms. The molecular weight excluding hydrogens is 496 g/mol. The number of aryl methyl sites for hydroxylation is 2. The van der Waals surface area contributed by atoms with Gasteiger partial charge in [0.15, 0.2) is 5.13 Å². The molecule has 0 bridgehead atoms. The molecule has 1 aromatic heterocycles. The number of fused-ring (bicyclic) bond motifs is 1. The van der Waals surface area contributed by atoms with Gasteiger partial charge in [0.2, 0.25) is 10.0 Å². The zero-order valence-electron chi connectivity index (χ0n) is 21.5. The van der Waals surface area contributed by atoms with Crippen molar-refractivity contribution in [2.75, 3.05) is 52.3 Å². The molecule has 1 fully saturated rings. The number of carbonyl (C=O) groups excluding carboxylic acids is 1. The zero-order chi connectivity index (χ0) is 26.0. The number of sulfonamides is 1. The van der Waals surface area contributed by atoms with Gasteiger partial charge in [-0.3, -0.25) is 9.69 Å². The van der Waals surface area contributed by atoms with E-state index in [0.717, 1.165) is 34.2 Å². The van der Waals surface area contributed by atoms with Gasteiger partial charge in [-0.2, -0.15) is 4.31 Å². The van der Waals surface area contributed by atoms with Gasteiger partial charge in [0.05, 0.1) is 21.2 Å². The molecule has 3 aromatic rings. The Hall–Kier alpha value is -2.37. The Morgan fingerprint density at radius 1 is 1.11 bits per heavy atom. The lowest BCUT2D eigenvalue weighted by Gasteiger charge is -2.23. The minimum Gasteiger partial charge on any atom is -0.377 e. The molecule has 1 amide bonds. The maximum atomic E-state index is 13.6. The molecule has 2 heterocycles. The molecule has 8 nitrogen and oxygen atoms in total. The number of rotatable bonds is 9. The predicted molar refractivity (Wildman–Crippen MR) is 145 cm³/mol. The third-order valence-corrected chi connectivity index (χ3v) is 9.22. The fourth-order valence-corrected chi connectivity index (χ4v) is 6.71. The maximum Gasteiger partial charge on any atom is 0.260 e. The fraction of sp³-hybridized carbons (Fsp3) is 0.462. The van der Waals surface area contributed by atoms with Crippen LogP contribution in [0.4, 0.5) is 5.13 Å². The van der Waals surface area contributed by atoms with Gasteiger partial charge in [0.25, 0.3) is 5.91 Å². The predicted octanol–water partition coefficient (Wildman–Crippen LogP) is 3.92. The normalized spacial score (nSPS) is 16.4. The van der Waals surface area contributed by atoms with Gasteiger partial charge in [0.1, 0.15) is 0 Å². The molecule has 1 aliphatic rings. The average molecular weight is 531 g/mol. The summed E-state index contributed by atoms with van der Waals surface area (Å²) in [5.74, 6) is -0.207. The summed E-state index contributed by atoms with van der Waals surface area (Å²) in [6.45, 7) is 6.20. The largest absolute Gasteiger partial charge is 0.377 e. The van der Waals surface area contributed by atoms with Crippen LogP contribution in [0, 0.1) is 13.8 Å². The third-order valence-electron chi connectivity index (χ3n) is 6.36. The Balaban J connectivity index is 1.59. The van der Waals surface area contributed by atoms with Crippen LogP contribution in [0.25, 0.3) is 10.2 Å². The molecule has 0 radical (unpaired) electrons. The number of anilines is 1. The Morgan fingerprint density at radius 2 is 1.83 bits per heavy atom. The highest BCUT2D eigenvalue weighted by molar-refractivity contribution is 7.89. The average Bonchev–Trinajstić information content (AvgIpc) is 3.49. The van der Waals surface area contributed by atoms with Gasteiger partial charge in [-0.05, 0) is 82.2 Å². The molecule has 1 aliphatic heterocycles. The molecule has 4 rings (SSSR count). The summed E-state index contributed by atoms with van der Waals surface area (Å²) in [7, 11) is 1.81. The Labute approximate surface area is 217 Å². The van der Waals surface area contributed by atoms with E-state index < -0.39 is 10.0 Å². The number of nitrogens with zero attached hydrogens (tertiary/aromatic N) is 4. The Morgan fingerprint density at radius 3 is 2.47 bits per heavy atom. The number of hydrogen-bond acceptors (Lipinski definition) is 7. The molecule has 1 saturated heterocycles. The smallest absolute Gasteiger partial charge is 0.260 e. The molecule has 36 heavy (non-hydrogen) atoms. The van der Waals surface area contributed by atoms with Crippen LogP contribution in [-0.2, 0) is 14.8 Å². The number of hydrogen-bond donors (Lipinski definition) is 0. The quantitative estimate of drug-likeness (QED) is 0.417. The first-order valence-corrected chi connectivity index (χ1v) is 14.3. The van der Waals surface area contributed by atoms with E-state index in [-0.39, 0.29) is 16.9 Å². The maximum absolute atomic E-state index is 13.6. The van der Waals surface area contributed by atoms with Crippen LogP contribution in [0.5, 0.6) is 0 Å². The summed E-state index contributed by atoms with van der Waals surface area (Å²) >= 11 is 1.50. The van der Waals surface area contributed by atoms with Crippen LogP contribution < -0.4 is 4.90 Å². The molecule has 0 unspecified atom stereocenters. The summed E-state index contributed by atoms with van der Waals surface area (Å²) < 4.78 is 34.1. The third kappa shape index (κ3) is 5.78. The van der Waals surface area contributed by atoms with Crippen LogP contribution >= 0.6 is 11.3 Å². The highest BCUT2D eigenvalue weighted by atomic mass is 32.2. The van der Waals surface area contributed by atoms with E-state index >= 15 is 0 Å². The number of likely N-dealkylation sites (N-methyl/N-ethyl adjacent to an activating group) is 2. The van der Waals surface area contributed by atoms with Crippen molar-refractivity contribution in [3.8, 4) is 0 Å². The van der Waals surface area contributed by atoms with Crippen LogP contribution in [0.1, 0.15) is 34.3 Å². The molecular formula is C26H34N4O4S2. The first-order valence-electron chi connectivity index (χ1n) is 12.1. The lowest BCUT2D eigenvalue weighted by atomic mass is 10.1. The van der Waals surface area contributed by atoms with Crippen LogP contribution in [0.2, 0.25) is 0 Å². The van der Waals surface area contributed by atoms with Crippen molar-refractivity contribution < 1.29 is 17.9 Å². The SMILES string of the molecule is Cc1cc(C)c2nc(N(CCN(C)C)C(=O)c3ccc(S(=O)(=O)N(C)C[C@H]4CCCO4)cc3)sc2c1. The Bertz CT molecular complexity index is 1330. The van der Waals surface area contributed by atoms with E-state index in [4.69, 9.17) is 9.72 Å². The van der Waals surface area contributed by atoms with E-state index in [1.165, 1.54) is 27.8 Å². The van der Waals surface area contributed by atoms with Crippen molar-refractivity contribution in [2.45, 2.75) is 37.7 Å². The van der Waals surface area contributed by atoms with Gasteiger partial charge in [-0.25, -0.2) is 13.4 Å². The second-order valence-corrected chi connectivity index (χ2v) is 12.7. The van der Waals surface area contributed by atoms with Gasteiger partial charge in [-0.1, -0.05) is 17.4 Å². The number of amides is 1. The first kappa shape index (κ1) is 26.7. The van der Waals surface area contributed by atoms with E-state index in [0.29, 0.717) is 36.9 Å². The highest BCUT2D eigenvalue weighted by Crippen LogP contribution is 2.32. The van der Waals surface area contributed by atoms with Crippen molar-refractivity contribution in [1.82, 2.24) is 14.2 Å². The lowest BCUT2D eigenvalue weighted by molar-refractivity contribution is 0.0978. The number of benzene rings is 2. The van der Waals surface area contributed by atoms with Crippen molar-refractivity contribution >= 4 is 42.6 Å². The van der Waals surface area contributed by atoms with E-state index in [1.807, 2.05) is 25.9 Å². The molecule has 0 saturated carbocycles. The number of carbonyl (C=O) groups is 1. The summed E-state index contributed by atoms with van der Waals surface area (Å²) in [5.41, 5.74) is 3.55.